The summed E-state index contributed by atoms with van der Waals surface area (Å²) in [5.74, 6) is 2.53. The number of thiophene rings is 2. The average Bonchev–Trinajstić information content (AvgIpc) is 3.97. The third kappa shape index (κ3) is 5.19. The standard InChI is InChI=1S/C49H27N5OS2/c1-3-13-28(14-4-1)46-52-47(29-15-5-2-6-16-29)54-48(53-46)35-20-12-22-37-41(35)33-26-25-30(27-38(33)55-37)42-45-43(34-18-8-10-24-40(34)57-45)51-49(50-42)36-21-11-19-32-31-17-7-9-23-39(31)56-44(32)36/h1-27H. The summed E-state index contributed by atoms with van der Waals surface area (Å²) in [6, 6.07) is 56.1. The largest absolute Gasteiger partial charge is 0.456 e. The van der Waals surface area contributed by atoms with Gasteiger partial charge in [0.2, 0.25) is 0 Å². The topological polar surface area (TPSA) is 77.6 Å². The van der Waals surface area contributed by atoms with E-state index < -0.39 is 0 Å². The summed E-state index contributed by atoms with van der Waals surface area (Å²) in [5.41, 5.74) is 8.08. The van der Waals surface area contributed by atoms with Gasteiger partial charge in [-0.2, -0.15) is 0 Å². The zero-order valence-corrected chi connectivity index (χ0v) is 31.7. The van der Waals surface area contributed by atoms with Crippen LogP contribution in [0.15, 0.2) is 168 Å². The molecule has 0 saturated heterocycles. The van der Waals surface area contributed by atoms with Crippen molar-refractivity contribution in [2.24, 2.45) is 0 Å². The van der Waals surface area contributed by atoms with Crippen molar-refractivity contribution in [2.45, 2.75) is 0 Å². The number of benzene rings is 7. The molecule has 0 aliphatic carbocycles. The summed E-state index contributed by atoms with van der Waals surface area (Å²) in [6.07, 6.45) is 0. The van der Waals surface area contributed by atoms with Gasteiger partial charge in [-0.3, -0.25) is 0 Å². The van der Waals surface area contributed by atoms with Gasteiger partial charge in [-0.05, 0) is 36.4 Å². The highest BCUT2D eigenvalue weighted by molar-refractivity contribution is 7.26. The Morgan fingerprint density at radius 2 is 0.965 bits per heavy atom. The van der Waals surface area contributed by atoms with E-state index in [-0.39, 0.29) is 0 Å². The number of nitrogens with zero attached hydrogens (tertiary/aromatic N) is 5. The molecular weight excluding hydrogens is 739 g/mol. The zero-order valence-electron chi connectivity index (χ0n) is 30.0. The SMILES string of the molecule is c1ccc(-c2nc(-c3ccccc3)nc(-c3cccc4oc5cc(-c6nc(-c7cccc8c7sc7ccccc78)nc7c6sc6ccccc67)ccc5c34)n2)cc1. The van der Waals surface area contributed by atoms with Crippen LogP contribution in [-0.2, 0) is 0 Å². The van der Waals surface area contributed by atoms with Crippen LogP contribution in [0, 0.1) is 0 Å². The molecule has 0 fully saturated rings. The Morgan fingerprint density at radius 1 is 0.368 bits per heavy atom. The van der Waals surface area contributed by atoms with Crippen LogP contribution in [0.5, 0.6) is 0 Å². The van der Waals surface area contributed by atoms with E-state index in [0.717, 1.165) is 71.1 Å². The number of furan rings is 1. The maximum atomic E-state index is 6.67. The van der Waals surface area contributed by atoms with Crippen molar-refractivity contribution in [1.82, 2.24) is 24.9 Å². The Morgan fingerprint density at radius 3 is 1.74 bits per heavy atom. The molecule has 0 radical (unpaired) electrons. The highest BCUT2D eigenvalue weighted by Crippen LogP contribution is 2.44. The van der Waals surface area contributed by atoms with E-state index in [4.69, 9.17) is 29.3 Å². The Labute approximate surface area is 333 Å². The number of aromatic nitrogens is 5. The summed E-state index contributed by atoms with van der Waals surface area (Å²) in [7, 11) is 0. The number of rotatable bonds is 5. The summed E-state index contributed by atoms with van der Waals surface area (Å²) in [4.78, 5) is 25.7. The third-order valence-corrected chi connectivity index (χ3v) is 13.0. The van der Waals surface area contributed by atoms with E-state index in [9.17, 15) is 0 Å². The fourth-order valence-electron chi connectivity index (χ4n) is 7.92. The molecule has 0 amide bonds. The lowest BCUT2D eigenvalue weighted by molar-refractivity contribution is 0.669. The molecule has 12 rings (SSSR count). The summed E-state index contributed by atoms with van der Waals surface area (Å²) in [6.45, 7) is 0. The Kier molecular flexibility index (Phi) is 7.17. The van der Waals surface area contributed by atoms with Gasteiger partial charge in [-0.25, -0.2) is 24.9 Å². The summed E-state index contributed by atoms with van der Waals surface area (Å²) < 4.78 is 11.3. The van der Waals surface area contributed by atoms with Crippen molar-refractivity contribution in [3.63, 3.8) is 0 Å². The minimum Gasteiger partial charge on any atom is -0.456 e. The van der Waals surface area contributed by atoms with Crippen LogP contribution in [0.2, 0.25) is 0 Å². The van der Waals surface area contributed by atoms with Gasteiger partial charge < -0.3 is 4.42 Å². The van der Waals surface area contributed by atoms with Crippen LogP contribution < -0.4 is 0 Å². The second-order valence-corrected chi connectivity index (χ2v) is 16.1. The molecule has 8 heteroatoms. The van der Waals surface area contributed by atoms with Gasteiger partial charge in [0.1, 0.15) is 11.2 Å². The lowest BCUT2D eigenvalue weighted by atomic mass is 10.0. The first-order chi connectivity index (χ1) is 28.2. The second-order valence-electron chi connectivity index (χ2n) is 14.0. The molecule has 0 aliphatic heterocycles. The highest BCUT2D eigenvalue weighted by Gasteiger charge is 2.22. The first kappa shape index (κ1) is 32.1. The van der Waals surface area contributed by atoms with E-state index in [0.29, 0.717) is 23.3 Å². The minimum atomic E-state index is 0.586. The Hall–Kier alpha value is -7.13. The molecular formula is C49H27N5OS2. The second kappa shape index (κ2) is 12.7. The van der Waals surface area contributed by atoms with Crippen LogP contribution in [0.3, 0.4) is 0 Å². The predicted octanol–water partition coefficient (Wildman–Crippen LogP) is 13.6. The van der Waals surface area contributed by atoms with Crippen LogP contribution in [0.25, 0.3) is 119 Å². The van der Waals surface area contributed by atoms with E-state index in [1.54, 1.807) is 22.7 Å². The van der Waals surface area contributed by atoms with E-state index >= 15 is 0 Å². The molecule has 5 aromatic heterocycles. The Bertz CT molecular complexity index is 3480. The highest BCUT2D eigenvalue weighted by atomic mass is 32.1. The zero-order chi connectivity index (χ0) is 37.5. The van der Waals surface area contributed by atoms with Gasteiger partial charge in [0.15, 0.2) is 23.3 Å². The van der Waals surface area contributed by atoms with Gasteiger partial charge in [-0.1, -0.05) is 127 Å². The molecule has 0 atom stereocenters. The minimum absolute atomic E-state index is 0.586. The molecule has 0 bridgehead atoms. The molecule has 0 unspecified atom stereocenters. The van der Waals surface area contributed by atoms with Crippen molar-refractivity contribution < 1.29 is 4.42 Å². The molecule has 6 nitrogen and oxygen atoms in total. The van der Waals surface area contributed by atoms with Crippen molar-refractivity contribution in [3.8, 4) is 56.8 Å². The monoisotopic (exact) mass is 765 g/mol. The van der Waals surface area contributed by atoms with Crippen molar-refractivity contribution in [2.75, 3.05) is 0 Å². The molecule has 5 heterocycles. The predicted molar refractivity (Wildman–Crippen MR) is 236 cm³/mol. The summed E-state index contributed by atoms with van der Waals surface area (Å²) in [5, 5.41) is 5.53. The van der Waals surface area contributed by atoms with Crippen molar-refractivity contribution in [1.29, 1.82) is 0 Å². The van der Waals surface area contributed by atoms with Crippen LogP contribution in [-0.4, -0.2) is 24.9 Å². The van der Waals surface area contributed by atoms with Crippen LogP contribution in [0.1, 0.15) is 0 Å². The lowest BCUT2D eigenvalue weighted by Crippen LogP contribution is -2.00. The molecule has 0 spiro atoms. The molecule has 266 valence electrons. The molecule has 0 saturated carbocycles. The van der Waals surface area contributed by atoms with Gasteiger partial charge in [0, 0.05) is 68.8 Å². The Balaban J connectivity index is 1.06. The van der Waals surface area contributed by atoms with Crippen LogP contribution >= 0.6 is 22.7 Å². The van der Waals surface area contributed by atoms with Gasteiger partial charge in [0.25, 0.3) is 0 Å². The fourth-order valence-corrected chi connectivity index (χ4v) is 10.3. The molecule has 57 heavy (non-hydrogen) atoms. The summed E-state index contributed by atoms with van der Waals surface area (Å²) >= 11 is 3.52. The third-order valence-electron chi connectivity index (χ3n) is 10.6. The first-order valence-electron chi connectivity index (χ1n) is 18.7. The van der Waals surface area contributed by atoms with Crippen molar-refractivity contribution >= 4 is 85.1 Å². The normalized spacial score (nSPS) is 11.9. The van der Waals surface area contributed by atoms with E-state index in [1.807, 2.05) is 72.8 Å². The van der Waals surface area contributed by atoms with Gasteiger partial charge in [0.05, 0.1) is 15.9 Å². The van der Waals surface area contributed by atoms with Crippen molar-refractivity contribution in [3.05, 3.63) is 164 Å². The molecule has 0 aliphatic rings. The molecule has 7 aromatic carbocycles. The van der Waals surface area contributed by atoms with E-state index in [2.05, 4.69) is 91.0 Å². The van der Waals surface area contributed by atoms with Crippen LogP contribution in [0.4, 0.5) is 0 Å². The smallest absolute Gasteiger partial charge is 0.164 e. The number of hydrogen-bond donors (Lipinski definition) is 0. The molecule has 0 N–H and O–H groups in total. The number of fused-ring (bicyclic) bond motifs is 9. The average molecular weight is 766 g/mol. The van der Waals surface area contributed by atoms with E-state index in [1.165, 1.54) is 24.9 Å². The quantitative estimate of drug-likeness (QED) is 0.174. The number of hydrogen-bond acceptors (Lipinski definition) is 8. The fraction of sp³-hybridized carbons (Fsp3) is 0. The first-order valence-corrected chi connectivity index (χ1v) is 20.3. The van der Waals surface area contributed by atoms with Gasteiger partial charge >= 0.3 is 0 Å². The van der Waals surface area contributed by atoms with Gasteiger partial charge in [-0.15, -0.1) is 22.7 Å². The molecule has 12 aromatic rings. The lowest BCUT2D eigenvalue weighted by Gasteiger charge is -2.09. The maximum Gasteiger partial charge on any atom is 0.164 e. The maximum absolute atomic E-state index is 6.67.